The van der Waals surface area contributed by atoms with Gasteiger partial charge < -0.3 is 59.6 Å². The van der Waals surface area contributed by atoms with Crippen molar-refractivity contribution in [2.75, 3.05) is 61.7 Å². The number of methoxy groups -OCH3 is 5. The van der Waals surface area contributed by atoms with Crippen molar-refractivity contribution in [2.45, 2.75) is 19.3 Å². The number of rotatable bonds is 20. The highest BCUT2D eigenvalue weighted by Crippen LogP contribution is 2.39. The maximum atomic E-state index is 13.4. The number of aromatic hydroxyl groups is 4. The minimum Gasteiger partial charge on any atom is -0.504 e. The Morgan fingerprint density at radius 1 is 0.537 bits per heavy atom. The van der Waals surface area contributed by atoms with Crippen molar-refractivity contribution in [2.24, 2.45) is 0 Å². The van der Waals surface area contributed by atoms with E-state index in [0.29, 0.717) is 55.6 Å². The number of hydrogen-bond acceptors (Lipinski definition) is 12. The zero-order chi connectivity index (χ0) is 39.6. The third-order valence-electron chi connectivity index (χ3n) is 7.94. The van der Waals surface area contributed by atoms with Crippen molar-refractivity contribution < 1.29 is 58.5 Å². The fraction of sp³-hybridized carbons (Fsp3) is 0.308. The van der Waals surface area contributed by atoms with E-state index in [4.69, 9.17) is 23.7 Å². The van der Waals surface area contributed by atoms with Crippen LogP contribution >= 0.6 is 0 Å². The van der Waals surface area contributed by atoms with E-state index < -0.39 is 5.75 Å². The van der Waals surface area contributed by atoms with Crippen LogP contribution in [0.5, 0.6) is 51.7 Å². The van der Waals surface area contributed by atoms with Gasteiger partial charge in [-0.15, -0.1) is 0 Å². The molecule has 0 aliphatic heterocycles. The quantitative estimate of drug-likeness (QED) is 0.0546. The average Bonchev–Trinajstić information content (AvgIpc) is 3.17. The van der Waals surface area contributed by atoms with Gasteiger partial charge in [-0.1, -0.05) is 0 Å². The van der Waals surface area contributed by atoms with Crippen LogP contribution in [0.15, 0.2) is 54.6 Å². The molecule has 0 aliphatic rings. The van der Waals surface area contributed by atoms with Crippen LogP contribution in [0.4, 0.5) is 0 Å². The second-order valence-electron chi connectivity index (χ2n) is 11.6. The lowest BCUT2D eigenvalue weighted by Crippen LogP contribution is -2.34. The molecule has 15 nitrogen and oxygen atoms in total. The summed E-state index contributed by atoms with van der Waals surface area (Å²) in [4.78, 5) is 39.9. The molecule has 3 rings (SSSR count). The number of carbonyl (C=O) groups is 3. The first kappa shape index (κ1) is 41.9. The first-order valence-corrected chi connectivity index (χ1v) is 16.8. The summed E-state index contributed by atoms with van der Waals surface area (Å²) in [7, 11) is 6.97. The molecule has 0 fully saturated rings. The Morgan fingerprint density at radius 2 is 0.907 bits per heavy atom. The van der Waals surface area contributed by atoms with E-state index in [-0.39, 0.29) is 70.3 Å². The second-order valence-corrected chi connectivity index (χ2v) is 11.6. The third kappa shape index (κ3) is 12.3. The Balaban J connectivity index is 1.59. The van der Waals surface area contributed by atoms with Crippen molar-refractivity contribution >= 4 is 35.9 Å². The molecule has 0 aromatic heterocycles. The first-order chi connectivity index (χ1) is 25.9. The van der Waals surface area contributed by atoms with E-state index in [9.17, 15) is 34.8 Å². The normalized spacial score (nSPS) is 11.1. The van der Waals surface area contributed by atoms with Crippen molar-refractivity contribution in [3.8, 4) is 51.7 Å². The van der Waals surface area contributed by atoms with E-state index >= 15 is 0 Å². The number of benzene rings is 3. The number of nitrogens with one attached hydrogen (secondary N) is 2. The lowest BCUT2D eigenvalue weighted by Gasteiger charge is -2.21. The molecule has 290 valence electrons. The standard InChI is InChI=1S/C39H47N3O12/c1-50-29-20-25(19-28(43)37(29)47)9-12-34(44)40-15-6-7-17-42(36(46)14-11-27-23-32(53-4)39(49)33(24-27)54-5)18-8-16-41-35(45)13-10-26-21-30(51-2)38(48)31(22-26)52-3/h9-14,19-24,43,47-49H,6-8,15-18H2,1-5H3,(H,40,44)(H,41,45)/b12-9+,13-10+,14-11+. The predicted molar refractivity (Wildman–Crippen MR) is 202 cm³/mol. The number of ether oxygens (including phenoxy) is 5. The van der Waals surface area contributed by atoms with Crippen LogP contribution in [0, 0.1) is 0 Å². The monoisotopic (exact) mass is 749 g/mol. The number of hydrogen-bond donors (Lipinski definition) is 6. The van der Waals surface area contributed by atoms with E-state index in [1.54, 1.807) is 41.3 Å². The number of phenolic OH excluding ortho intramolecular Hbond substituents is 4. The molecule has 0 spiro atoms. The van der Waals surface area contributed by atoms with Gasteiger partial charge in [0.25, 0.3) is 0 Å². The Hall–Kier alpha value is -6.51. The highest BCUT2D eigenvalue weighted by atomic mass is 16.5. The summed E-state index contributed by atoms with van der Waals surface area (Å²) < 4.78 is 25.7. The minimum absolute atomic E-state index is 0.0686. The Labute approximate surface area is 313 Å². The van der Waals surface area contributed by atoms with E-state index in [1.807, 2.05) is 0 Å². The first-order valence-electron chi connectivity index (χ1n) is 16.8. The van der Waals surface area contributed by atoms with Crippen LogP contribution in [0.3, 0.4) is 0 Å². The van der Waals surface area contributed by atoms with Gasteiger partial charge in [0.15, 0.2) is 34.5 Å². The van der Waals surface area contributed by atoms with Crippen molar-refractivity contribution in [3.63, 3.8) is 0 Å². The number of carbonyl (C=O) groups excluding carboxylic acids is 3. The van der Waals surface area contributed by atoms with Gasteiger partial charge >= 0.3 is 0 Å². The van der Waals surface area contributed by atoms with Crippen LogP contribution in [-0.2, 0) is 14.4 Å². The van der Waals surface area contributed by atoms with E-state index in [0.717, 1.165) is 0 Å². The van der Waals surface area contributed by atoms with Gasteiger partial charge in [0.1, 0.15) is 0 Å². The summed E-state index contributed by atoms with van der Waals surface area (Å²) in [6, 6.07) is 9.03. The lowest BCUT2D eigenvalue weighted by atomic mass is 10.1. The molecule has 0 unspecified atom stereocenters. The molecule has 0 saturated heterocycles. The molecule has 54 heavy (non-hydrogen) atoms. The number of amides is 3. The minimum atomic E-state index is -0.393. The van der Waals surface area contributed by atoms with Crippen LogP contribution in [0.2, 0.25) is 0 Å². The van der Waals surface area contributed by atoms with Crippen LogP contribution < -0.4 is 34.3 Å². The van der Waals surface area contributed by atoms with Crippen LogP contribution in [-0.4, -0.2) is 105 Å². The summed E-state index contributed by atoms with van der Waals surface area (Å²) in [5, 5.41) is 45.5. The number of nitrogens with zero attached hydrogens (tertiary/aromatic N) is 1. The number of unbranched alkanes of at least 4 members (excludes halogenated alkanes) is 1. The SMILES string of the molecule is COc1cc(/C=C/C(=O)NCCCCN(CCCNC(=O)/C=C/c2cc(OC)c(O)c(OC)c2)C(=O)/C=C/c2cc(OC)c(O)c(OC)c2)cc(O)c1O. The fourth-order valence-electron chi connectivity index (χ4n) is 5.07. The molecular formula is C39H47N3O12. The molecule has 6 N–H and O–H groups in total. The molecular weight excluding hydrogens is 702 g/mol. The van der Waals surface area contributed by atoms with Gasteiger partial charge in [-0.05, 0) is 90.6 Å². The average molecular weight is 750 g/mol. The highest BCUT2D eigenvalue weighted by molar-refractivity contribution is 5.93. The Kier molecular flexibility index (Phi) is 16.4. The molecule has 0 bridgehead atoms. The zero-order valence-corrected chi connectivity index (χ0v) is 30.9. The van der Waals surface area contributed by atoms with Gasteiger partial charge in [0, 0.05) is 44.4 Å². The molecule has 3 aromatic rings. The summed E-state index contributed by atoms with van der Waals surface area (Å²) in [5.41, 5.74) is 1.60. The van der Waals surface area contributed by atoms with Crippen molar-refractivity contribution in [1.82, 2.24) is 15.5 Å². The summed E-state index contributed by atoms with van der Waals surface area (Å²) >= 11 is 0. The van der Waals surface area contributed by atoms with Crippen LogP contribution in [0.25, 0.3) is 18.2 Å². The maximum absolute atomic E-state index is 13.4. The van der Waals surface area contributed by atoms with E-state index in [2.05, 4.69) is 10.6 Å². The number of phenols is 4. The van der Waals surface area contributed by atoms with Crippen molar-refractivity contribution in [1.29, 1.82) is 0 Å². The topological polar surface area (TPSA) is 206 Å². The molecule has 3 aromatic carbocycles. The predicted octanol–water partition coefficient (Wildman–Crippen LogP) is 4.22. The van der Waals surface area contributed by atoms with Crippen LogP contribution in [0.1, 0.15) is 36.0 Å². The van der Waals surface area contributed by atoms with Gasteiger partial charge in [0.2, 0.25) is 35.0 Å². The molecule has 15 heteroatoms. The third-order valence-corrected chi connectivity index (χ3v) is 7.94. The molecule has 0 saturated carbocycles. The van der Waals surface area contributed by atoms with Gasteiger partial charge in [-0.25, -0.2) is 0 Å². The second kappa shape index (κ2) is 21.1. The van der Waals surface area contributed by atoms with Crippen molar-refractivity contribution in [3.05, 3.63) is 71.3 Å². The summed E-state index contributed by atoms with van der Waals surface area (Å²) in [5.74, 6) is -1.26. The van der Waals surface area contributed by atoms with Gasteiger partial charge in [0.05, 0.1) is 35.5 Å². The molecule has 0 atom stereocenters. The molecule has 3 amide bonds. The molecule has 0 radical (unpaired) electrons. The summed E-state index contributed by atoms with van der Waals surface area (Å²) in [6.07, 6.45) is 10.2. The van der Waals surface area contributed by atoms with Gasteiger partial charge in [-0.3, -0.25) is 14.4 Å². The Bertz CT molecular complexity index is 1800. The molecule has 0 heterocycles. The van der Waals surface area contributed by atoms with Gasteiger partial charge in [-0.2, -0.15) is 0 Å². The highest BCUT2D eigenvalue weighted by Gasteiger charge is 2.14. The maximum Gasteiger partial charge on any atom is 0.246 e. The molecule has 0 aliphatic carbocycles. The zero-order valence-electron chi connectivity index (χ0n) is 30.9. The smallest absolute Gasteiger partial charge is 0.246 e. The van der Waals surface area contributed by atoms with E-state index in [1.165, 1.54) is 72.0 Å². The lowest BCUT2D eigenvalue weighted by molar-refractivity contribution is -0.126. The fourth-order valence-corrected chi connectivity index (χ4v) is 5.07. The summed E-state index contributed by atoms with van der Waals surface area (Å²) in [6.45, 7) is 1.29. The largest absolute Gasteiger partial charge is 0.504 e. The Morgan fingerprint density at radius 3 is 1.35 bits per heavy atom.